The molecule has 14 heavy (non-hydrogen) atoms. The molecule has 0 unspecified atom stereocenters. The topological polar surface area (TPSA) is 38.9 Å². The average Bonchev–Trinajstić information content (AvgIpc) is 2.67. The highest BCUT2D eigenvalue weighted by molar-refractivity contribution is 7.16. The third-order valence-electron chi connectivity index (χ3n) is 2.34. The SMILES string of the molecule is NCCCCc1cccc2scnc12. The van der Waals surface area contributed by atoms with E-state index in [0.717, 1.165) is 25.8 Å². The Balaban J connectivity index is 2.19. The second-order valence-electron chi connectivity index (χ2n) is 3.36. The largest absolute Gasteiger partial charge is 0.330 e. The van der Waals surface area contributed by atoms with Gasteiger partial charge in [-0.1, -0.05) is 12.1 Å². The van der Waals surface area contributed by atoms with E-state index in [4.69, 9.17) is 5.73 Å². The van der Waals surface area contributed by atoms with Gasteiger partial charge in [0, 0.05) is 0 Å². The van der Waals surface area contributed by atoms with Gasteiger partial charge in [-0.3, -0.25) is 0 Å². The maximum Gasteiger partial charge on any atom is 0.0843 e. The first-order valence-corrected chi connectivity index (χ1v) is 5.81. The summed E-state index contributed by atoms with van der Waals surface area (Å²) in [6, 6.07) is 6.40. The maximum absolute atomic E-state index is 5.47. The van der Waals surface area contributed by atoms with E-state index in [0.29, 0.717) is 0 Å². The van der Waals surface area contributed by atoms with Crippen LogP contribution < -0.4 is 5.73 Å². The van der Waals surface area contributed by atoms with Crippen molar-refractivity contribution >= 4 is 21.6 Å². The molecule has 0 amide bonds. The molecule has 0 atom stereocenters. The van der Waals surface area contributed by atoms with Crippen LogP contribution in [-0.2, 0) is 6.42 Å². The molecule has 0 fully saturated rings. The molecule has 1 aromatic carbocycles. The van der Waals surface area contributed by atoms with Crippen LogP contribution in [-0.4, -0.2) is 11.5 Å². The summed E-state index contributed by atoms with van der Waals surface area (Å²) < 4.78 is 1.29. The van der Waals surface area contributed by atoms with Gasteiger partial charge in [0.15, 0.2) is 0 Å². The first-order chi connectivity index (χ1) is 6.92. The quantitative estimate of drug-likeness (QED) is 0.781. The molecule has 2 rings (SSSR count). The standard InChI is InChI=1S/C11H14N2S/c12-7-2-1-4-9-5-3-6-10-11(9)13-8-14-10/h3,5-6,8H,1-2,4,7,12H2. The number of aromatic nitrogens is 1. The number of aryl methyl sites for hydroxylation is 1. The summed E-state index contributed by atoms with van der Waals surface area (Å²) in [6.07, 6.45) is 3.35. The maximum atomic E-state index is 5.47. The number of hydrogen-bond acceptors (Lipinski definition) is 3. The highest BCUT2D eigenvalue weighted by Crippen LogP contribution is 2.22. The van der Waals surface area contributed by atoms with Gasteiger partial charge in [-0.25, -0.2) is 4.98 Å². The number of fused-ring (bicyclic) bond motifs is 1. The average molecular weight is 206 g/mol. The lowest BCUT2D eigenvalue weighted by molar-refractivity contribution is 0.747. The van der Waals surface area contributed by atoms with Crippen LogP contribution in [0.4, 0.5) is 0 Å². The van der Waals surface area contributed by atoms with E-state index in [1.165, 1.54) is 15.8 Å². The fraction of sp³-hybridized carbons (Fsp3) is 0.364. The second kappa shape index (κ2) is 4.53. The van der Waals surface area contributed by atoms with Crippen molar-refractivity contribution < 1.29 is 0 Å². The molecule has 74 valence electrons. The number of hydrogen-bond donors (Lipinski definition) is 1. The zero-order valence-corrected chi connectivity index (χ0v) is 8.89. The minimum absolute atomic E-state index is 0.785. The van der Waals surface area contributed by atoms with Crippen molar-refractivity contribution in [1.29, 1.82) is 0 Å². The molecule has 2 N–H and O–H groups in total. The number of unbranched alkanes of at least 4 members (excludes halogenated alkanes) is 1. The zero-order valence-electron chi connectivity index (χ0n) is 8.07. The minimum Gasteiger partial charge on any atom is -0.330 e. The highest BCUT2D eigenvalue weighted by Gasteiger charge is 2.02. The molecular weight excluding hydrogens is 192 g/mol. The van der Waals surface area contributed by atoms with Crippen LogP contribution in [0.3, 0.4) is 0 Å². The van der Waals surface area contributed by atoms with Gasteiger partial charge in [0.05, 0.1) is 15.7 Å². The number of benzene rings is 1. The number of nitrogens with zero attached hydrogens (tertiary/aromatic N) is 1. The van der Waals surface area contributed by atoms with Crippen LogP contribution in [0.25, 0.3) is 10.2 Å². The van der Waals surface area contributed by atoms with E-state index in [1.54, 1.807) is 11.3 Å². The Labute approximate surface area is 87.8 Å². The number of thiazole rings is 1. The predicted molar refractivity (Wildman–Crippen MR) is 61.6 cm³/mol. The van der Waals surface area contributed by atoms with Gasteiger partial charge in [0.2, 0.25) is 0 Å². The van der Waals surface area contributed by atoms with Crippen molar-refractivity contribution in [2.75, 3.05) is 6.54 Å². The van der Waals surface area contributed by atoms with Gasteiger partial charge in [0.1, 0.15) is 0 Å². The summed E-state index contributed by atoms with van der Waals surface area (Å²) in [6.45, 7) is 0.785. The molecule has 0 bridgehead atoms. The third-order valence-corrected chi connectivity index (χ3v) is 3.14. The Kier molecular flexibility index (Phi) is 3.11. The molecule has 0 aliphatic rings. The monoisotopic (exact) mass is 206 g/mol. The second-order valence-corrected chi connectivity index (χ2v) is 4.25. The van der Waals surface area contributed by atoms with Crippen LogP contribution in [0.15, 0.2) is 23.7 Å². The Morgan fingerprint density at radius 2 is 2.21 bits per heavy atom. The minimum atomic E-state index is 0.785. The van der Waals surface area contributed by atoms with Gasteiger partial charge in [-0.05, 0) is 37.4 Å². The number of rotatable bonds is 4. The molecule has 0 spiro atoms. The Bertz CT molecular complexity index is 408. The Morgan fingerprint density at radius 1 is 1.29 bits per heavy atom. The summed E-state index contributed by atoms with van der Waals surface area (Å²) in [5, 5.41) is 0. The number of para-hydroxylation sites is 1. The molecule has 0 radical (unpaired) electrons. The summed E-state index contributed by atoms with van der Waals surface area (Å²) in [4.78, 5) is 4.38. The van der Waals surface area contributed by atoms with Crippen LogP contribution in [0.1, 0.15) is 18.4 Å². The van der Waals surface area contributed by atoms with Crippen LogP contribution in [0, 0.1) is 0 Å². The summed E-state index contributed by atoms with van der Waals surface area (Å²) in [5.41, 5.74) is 9.92. The molecule has 1 heterocycles. The van der Waals surface area contributed by atoms with E-state index in [1.807, 2.05) is 5.51 Å². The predicted octanol–water partition coefficient (Wildman–Crippen LogP) is 2.58. The smallest absolute Gasteiger partial charge is 0.0843 e. The van der Waals surface area contributed by atoms with Gasteiger partial charge >= 0.3 is 0 Å². The summed E-state index contributed by atoms with van der Waals surface area (Å²) >= 11 is 1.70. The first kappa shape index (κ1) is 9.62. The highest BCUT2D eigenvalue weighted by atomic mass is 32.1. The Hall–Kier alpha value is -0.930. The molecule has 0 saturated heterocycles. The van der Waals surface area contributed by atoms with Gasteiger partial charge in [0.25, 0.3) is 0 Å². The third kappa shape index (κ3) is 1.94. The molecule has 0 aliphatic heterocycles. The first-order valence-electron chi connectivity index (χ1n) is 4.93. The van der Waals surface area contributed by atoms with Crippen molar-refractivity contribution in [3.05, 3.63) is 29.3 Å². The van der Waals surface area contributed by atoms with E-state index in [-0.39, 0.29) is 0 Å². The molecule has 0 aliphatic carbocycles. The van der Waals surface area contributed by atoms with Gasteiger partial charge in [-0.15, -0.1) is 11.3 Å². The van der Waals surface area contributed by atoms with E-state index < -0.39 is 0 Å². The molecule has 0 saturated carbocycles. The fourth-order valence-electron chi connectivity index (χ4n) is 1.61. The molecule has 2 nitrogen and oxygen atoms in total. The van der Waals surface area contributed by atoms with Crippen LogP contribution in [0.2, 0.25) is 0 Å². The molecule has 2 aromatic rings. The van der Waals surface area contributed by atoms with Crippen molar-refractivity contribution in [1.82, 2.24) is 4.98 Å². The molecule has 3 heteroatoms. The lowest BCUT2D eigenvalue weighted by atomic mass is 10.1. The van der Waals surface area contributed by atoms with E-state index in [2.05, 4.69) is 23.2 Å². The van der Waals surface area contributed by atoms with Crippen LogP contribution in [0.5, 0.6) is 0 Å². The zero-order chi connectivity index (χ0) is 9.80. The van der Waals surface area contributed by atoms with Gasteiger partial charge in [-0.2, -0.15) is 0 Å². The van der Waals surface area contributed by atoms with E-state index >= 15 is 0 Å². The lowest BCUT2D eigenvalue weighted by Crippen LogP contribution is -1.99. The van der Waals surface area contributed by atoms with Crippen molar-refractivity contribution in [2.24, 2.45) is 5.73 Å². The molecule has 1 aromatic heterocycles. The normalized spacial score (nSPS) is 10.9. The fourth-order valence-corrected chi connectivity index (χ4v) is 2.33. The summed E-state index contributed by atoms with van der Waals surface area (Å²) in [5.74, 6) is 0. The van der Waals surface area contributed by atoms with Crippen molar-refractivity contribution in [3.63, 3.8) is 0 Å². The van der Waals surface area contributed by atoms with Crippen molar-refractivity contribution in [3.8, 4) is 0 Å². The Morgan fingerprint density at radius 3 is 3.07 bits per heavy atom. The summed E-state index contributed by atoms with van der Waals surface area (Å²) in [7, 11) is 0. The van der Waals surface area contributed by atoms with Crippen molar-refractivity contribution in [2.45, 2.75) is 19.3 Å². The van der Waals surface area contributed by atoms with Gasteiger partial charge < -0.3 is 5.73 Å². The van der Waals surface area contributed by atoms with Crippen LogP contribution >= 0.6 is 11.3 Å². The number of nitrogens with two attached hydrogens (primary N) is 1. The lowest BCUT2D eigenvalue weighted by Gasteiger charge is -2.00. The molecular formula is C11H14N2S. The van der Waals surface area contributed by atoms with E-state index in [9.17, 15) is 0 Å².